The lowest BCUT2D eigenvalue weighted by Crippen LogP contribution is -2.26. The average molecular weight is 390 g/mol. The largest absolute Gasteiger partial charge is 0.461 e. The number of aromatic nitrogens is 2. The molecule has 0 radical (unpaired) electrons. The molecule has 1 aromatic heterocycles. The minimum Gasteiger partial charge on any atom is -0.461 e. The van der Waals surface area contributed by atoms with Gasteiger partial charge in [-0.3, -0.25) is 9.59 Å². The predicted octanol–water partition coefficient (Wildman–Crippen LogP) is 4.39. The smallest absolute Gasteiger partial charge is 0.306 e. The maximum atomic E-state index is 12.9. The highest BCUT2D eigenvalue weighted by atomic mass is 16.5. The molecule has 0 saturated heterocycles. The maximum absolute atomic E-state index is 12.9. The van der Waals surface area contributed by atoms with Gasteiger partial charge in [0.05, 0.1) is 17.5 Å². The highest BCUT2D eigenvalue weighted by molar-refractivity contribution is 5.75. The van der Waals surface area contributed by atoms with Crippen molar-refractivity contribution >= 4 is 23.1 Å². The fraction of sp³-hybridized carbons (Fsp3) is 0.292. The van der Waals surface area contributed by atoms with Crippen LogP contribution in [0.4, 0.5) is 0 Å². The van der Waals surface area contributed by atoms with Gasteiger partial charge in [-0.2, -0.15) is 0 Å². The standard InChI is InChI=1S/C24H26N2O3/c1-2-3-17-26-22-14-8-7-13-20(22)25-21(24(26)28)15-16-23(27)29-18-9-12-19-10-5-4-6-11-19/h4-14H,2-3,15-18H2,1H3/b12-9+. The van der Waals surface area contributed by atoms with Crippen molar-refractivity contribution < 1.29 is 9.53 Å². The summed E-state index contributed by atoms with van der Waals surface area (Å²) in [6.45, 7) is 2.96. The SMILES string of the molecule is CCCCn1c(=O)c(CCC(=O)OC/C=C/c2ccccc2)nc2ccccc21. The Hall–Kier alpha value is -3.21. The molecular formula is C24H26N2O3. The lowest BCUT2D eigenvalue weighted by atomic mass is 10.2. The Kier molecular flexibility index (Phi) is 7.34. The van der Waals surface area contributed by atoms with E-state index in [4.69, 9.17) is 4.74 Å². The number of para-hydroxylation sites is 2. The summed E-state index contributed by atoms with van der Waals surface area (Å²) in [5.74, 6) is -0.336. The topological polar surface area (TPSA) is 61.2 Å². The molecule has 5 heteroatoms. The van der Waals surface area contributed by atoms with E-state index >= 15 is 0 Å². The number of hydrogen-bond donors (Lipinski definition) is 0. The van der Waals surface area contributed by atoms with Crippen molar-refractivity contribution in [1.82, 2.24) is 9.55 Å². The molecule has 0 unspecified atom stereocenters. The van der Waals surface area contributed by atoms with Crippen molar-refractivity contribution in [2.45, 2.75) is 39.2 Å². The summed E-state index contributed by atoms with van der Waals surface area (Å²) in [6, 6.07) is 17.4. The summed E-state index contributed by atoms with van der Waals surface area (Å²) in [5, 5.41) is 0. The molecule has 2 aromatic carbocycles. The van der Waals surface area contributed by atoms with Crippen LogP contribution in [0.5, 0.6) is 0 Å². The van der Waals surface area contributed by atoms with E-state index in [1.807, 2.05) is 60.7 Å². The van der Waals surface area contributed by atoms with Crippen LogP contribution < -0.4 is 5.56 Å². The summed E-state index contributed by atoms with van der Waals surface area (Å²) in [5.41, 5.74) is 2.96. The molecular weight excluding hydrogens is 364 g/mol. The van der Waals surface area contributed by atoms with Crippen molar-refractivity contribution in [3.8, 4) is 0 Å². The first-order valence-electron chi connectivity index (χ1n) is 10.0. The molecule has 0 aliphatic heterocycles. The number of carbonyl (C=O) groups excluding carboxylic acids is 1. The van der Waals surface area contributed by atoms with E-state index in [2.05, 4.69) is 11.9 Å². The highest BCUT2D eigenvalue weighted by Gasteiger charge is 2.12. The number of hydrogen-bond acceptors (Lipinski definition) is 4. The third kappa shape index (κ3) is 5.64. The molecule has 5 nitrogen and oxygen atoms in total. The van der Waals surface area contributed by atoms with E-state index in [1.54, 1.807) is 10.6 Å². The normalized spacial score (nSPS) is 11.2. The van der Waals surface area contributed by atoms with Crippen molar-refractivity contribution in [1.29, 1.82) is 0 Å². The molecule has 0 bridgehead atoms. The summed E-state index contributed by atoms with van der Waals surface area (Å²) in [4.78, 5) is 29.4. The van der Waals surface area contributed by atoms with Gasteiger partial charge < -0.3 is 9.30 Å². The first-order valence-corrected chi connectivity index (χ1v) is 10.0. The summed E-state index contributed by atoms with van der Waals surface area (Å²) >= 11 is 0. The second-order valence-corrected chi connectivity index (χ2v) is 6.85. The van der Waals surface area contributed by atoms with Gasteiger partial charge in [-0.05, 0) is 30.2 Å². The zero-order chi connectivity index (χ0) is 20.5. The first kappa shape index (κ1) is 20.5. The summed E-state index contributed by atoms with van der Waals surface area (Å²) in [6.07, 6.45) is 6.04. The molecule has 0 atom stereocenters. The molecule has 0 fully saturated rings. The van der Waals surface area contributed by atoms with Crippen LogP contribution in [0.15, 0.2) is 65.5 Å². The Morgan fingerprint density at radius 3 is 2.66 bits per heavy atom. The summed E-state index contributed by atoms with van der Waals surface area (Å²) in [7, 11) is 0. The molecule has 1 heterocycles. The van der Waals surface area contributed by atoms with Crippen LogP contribution in [0.2, 0.25) is 0 Å². The third-order valence-corrected chi connectivity index (χ3v) is 4.67. The number of aryl methyl sites for hydroxylation is 2. The number of fused-ring (bicyclic) bond motifs is 1. The minimum atomic E-state index is -0.336. The van der Waals surface area contributed by atoms with Crippen molar-refractivity contribution in [3.63, 3.8) is 0 Å². The van der Waals surface area contributed by atoms with Gasteiger partial charge in [0, 0.05) is 13.0 Å². The van der Waals surface area contributed by atoms with Gasteiger partial charge in [-0.15, -0.1) is 0 Å². The molecule has 0 spiro atoms. The van der Waals surface area contributed by atoms with E-state index in [1.165, 1.54) is 0 Å². The zero-order valence-corrected chi connectivity index (χ0v) is 16.7. The Bertz CT molecular complexity index is 1040. The van der Waals surface area contributed by atoms with Gasteiger partial charge in [0.15, 0.2) is 0 Å². The monoisotopic (exact) mass is 390 g/mol. The predicted molar refractivity (Wildman–Crippen MR) is 116 cm³/mol. The van der Waals surface area contributed by atoms with Gasteiger partial charge in [0.1, 0.15) is 12.3 Å². The second kappa shape index (κ2) is 10.4. The third-order valence-electron chi connectivity index (χ3n) is 4.67. The Morgan fingerprint density at radius 1 is 1.10 bits per heavy atom. The quantitative estimate of drug-likeness (QED) is 0.509. The fourth-order valence-corrected chi connectivity index (χ4v) is 3.13. The van der Waals surface area contributed by atoms with E-state index in [-0.39, 0.29) is 31.0 Å². The van der Waals surface area contributed by atoms with E-state index < -0.39 is 0 Å². The molecule has 3 rings (SSSR count). The molecule has 0 aliphatic carbocycles. The average Bonchev–Trinajstić information content (AvgIpc) is 2.75. The number of carbonyl (C=O) groups is 1. The van der Waals surface area contributed by atoms with Crippen LogP contribution in [-0.2, 0) is 22.5 Å². The molecule has 3 aromatic rings. The van der Waals surface area contributed by atoms with Crippen LogP contribution in [0.3, 0.4) is 0 Å². The Labute approximate surface area is 170 Å². The molecule has 0 aliphatic rings. The van der Waals surface area contributed by atoms with Gasteiger partial charge in [-0.1, -0.05) is 61.9 Å². The van der Waals surface area contributed by atoms with Crippen LogP contribution in [0.25, 0.3) is 17.1 Å². The first-order chi connectivity index (χ1) is 14.2. The Balaban J connectivity index is 1.62. The van der Waals surface area contributed by atoms with Crippen LogP contribution in [0, 0.1) is 0 Å². The van der Waals surface area contributed by atoms with E-state index in [9.17, 15) is 9.59 Å². The van der Waals surface area contributed by atoms with Gasteiger partial charge in [0.2, 0.25) is 0 Å². The number of nitrogens with zero attached hydrogens (tertiary/aromatic N) is 2. The lowest BCUT2D eigenvalue weighted by molar-refractivity contribution is -0.142. The molecule has 150 valence electrons. The zero-order valence-electron chi connectivity index (χ0n) is 16.7. The van der Waals surface area contributed by atoms with Crippen molar-refractivity contribution in [2.24, 2.45) is 0 Å². The second-order valence-electron chi connectivity index (χ2n) is 6.85. The highest BCUT2D eigenvalue weighted by Crippen LogP contribution is 2.12. The molecule has 29 heavy (non-hydrogen) atoms. The number of benzene rings is 2. The maximum Gasteiger partial charge on any atom is 0.306 e. The number of esters is 1. The van der Waals surface area contributed by atoms with E-state index in [0.29, 0.717) is 12.2 Å². The van der Waals surface area contributed by atoms with Crippen molar-refractivity contribution in [2.75, 3.05) is 6.61 Å². The van der Waals surface area contributed by atoms with Crippen molar-refractivity contribution in [3.05, 3.63) is 82.3 Å². The lowest BCUT2D eigenvalue weighted by Gasteiger charge is -2.11. The van der Waals surface area contributed by atoms with Crippen LogP contribution in [0.1, 0.15) is 37.4 Å². The summed E-state index contributed by atoms with van der Waals surface area (Å²) < 4.78 is 7.02. The fourth-order valence-electron chi connectivity index (χ4n) is 3.13. The Morgan fingerprint density at radius 2 is 1.86 bits per heavy atom. The van der Waals surface area contributed by atoms with E-state index in [0.717, 1.165) is 29.4 Å². The van der Waals surface area contributed by atoms with Crippen LogP contribution >= 0.6 is 0 Å². The minimum absolute atomic E-state index is 0.117. The number of unbranched alkanes of at least 4 members (excludes halogenated alkanes) is 1. The number of ether oxygens (including phenoxy) is 1. The molecule has 0 amide bonds. The molecule has 0 N–H and O–H groups in total. The number of rotatable bonds is 9. The van der Waals surface area contributed by atoms with Gasteiger partial charge in [0.25, 0.3) is 5.56 Å². The van der Waals surface area contributed by atoms with Gasteiger partial charge in [-0.25, -0.2) is 4.98 Å². The van der Waals surface area contributed by atoms with Gasteiger partial charge >= 0.3 is 5.97 Å². The van der Waals surface area contributed by atoms with Crippen LogP contribution in [-0.4, -0.2) is 22.1 Å². The molecule has 0 saturated carbocycles.